The van der Waals surface area contributed by atoms with Gasteiger partial charge in [0.05, 0.1) is 18.3 Å². The molecule has 0 fully saturated rings. The number of hydrogen-bond donors (Lipinski definition) is 3. The molecule has 4 N–H and O–H groups in total. The molecule has 1 unspecified atom stereocenters. The largest absolute Gasteiger partial charge is 0.389 e. The molecule has 6 heteroatoms. The zero-order valence-electron chi connectivity index (χ0n) is 12.7. The smallest absolute Gasteiger partial charge is 0.139 e. The van der Waals surface area contributed by atoms with Crippen LogP contribution in [0.3, 0.4) is 0 Å². The third-order valence-corrected chi connectivity index (χ3v) is 3.78. The molecule has 0 bridgehead atoms. The summed E-state index contributed by atoms with van der Waals surface area (Å²) >= 11 is 0. The van der Waals surface area contributed by atoms with Crippen LogP contribution in [0.25, 0.3) is 0 Å². The lowest BCUT2D eigenvalue weighted by Gasteiger charge is -2.26. The maximum atomic E-state index is 9.87. The van der Waals surface area contributed by atoms with Gasteiger partial charge in [-0.3, -0.25) is 5.41 Å². The molecule has 1 atom stereocenters. The van der Waals surface area contributed by atoms with Crippen LogP contribution in [-0.4, -0.2) is 49.3 Å². The third-order valence-electron chi connectivity index (χ3n) is 3.78. The fourth-order valence-electron chi connectivity index (χ4n) is 2.76. The highest BCUT2D eigenvalue weighted by molar-refractivity contribution is 5.99. The summed E-state index contributed by atoms with van der Waals surface area (Å²) in [6.07, 6.45) is 3.67. The predicted molar refractivity (Wildman–Crippen MR) is 83.0 cm³/mol. The van der Waals surface area contributed by atoms with Crippen molar-refractivity contribution >= 4 is 11.7 Å². The molecule has 0 saturated heterocycles. The molecular formula is C15H24N4O2. The minimum absolute atomic E-state index is 0.0129. The molecule has 21 heavy (non-hydrogen) atoms. The van der Waals surface area contributed by atoms with Crippen LogP contribution in [0.15, 0.2) is 6.07 Å². The van der Waals surface area contributed by atoms with Crippen molar-refractivity contribution in [2.24, 2.45) is 5.73 Å². The van der Waals surface area contributed by atoms with Gasteiger partial charge in [0, 0.05) is 26.4 Å². The lowest BCUT2D eigenvalue weighted by molar-refractivity contribution is 0.0694. The number of nitrogen functional groups attached to an aromatic ring is 1. The number of likely N-dealkylation sites (N-methyl/N-ethyl adjacent to an activating group) is 1. The maximum Gasteiger partial charge on any atom is 0.139 e. The summed E-state index contributed by atoms with van der Waals surface area (Å²) in [4.78, 5) is 6.54. The molecule has 0 radical (unpaired) electrons. The Bertz CT molecular complexity index is 519. The number of aliphatic hydroxyl groups is 1. The normalized spacial score (nSPS) is 15.4. The first-order valence-electron chi connectivity index (χ1n) is 7.28. The van der Waals surface area contributed by atoms with Crippen molar-refractivity contribution in [1.82, 2.24) is 4.98 Å². The summed E-state index contributed by atoms with van der Waals surface area (Å²) in [7, 11) is 3.41. The Labute approximate surface area is 125 Å². The van der Waals surface area contributed by atoms with Gasteiger partial charge in [0.1, 0.15) is 11.7 Å². The van der Waals surface area contributed by atoms with Gasteiger partial charge in [-0.05, 0) is 37.3 Å². The summed E-state index contributed by atoms with van der Waals surface area (Å²) in [6.45, 7) is 0.657. The van der Waals surface area contributed by atoms with Crippen molar-refractivity contribution in [3.05, 3.63) is 22.9 Å². The van der Waals surface area contributed by atoms with Crippen LogP contribution in [0.5, 0.6) is 0 Å². The number of aryl methyl sites for hydroxylation is 2. The first kappa shape index (κ1) is 15.7. The molecule has 0 aromatic carbocycles. The maximum absolute atomic E-state index is 9.87. The number of nitrogens with two attached hydrogens (primary N) is 1. The first-order chi connectivity index (χ1) is 10.0. The summed E-state index contributed by atoms with van der Waals surface area (Å²) < 4.78 is 4.94. The fraction of sp³-hybridized carbons (Fsp3) is 0.600. The number of fused-ring (bicyclic) bond motifs is 1. The van der Waals surface area contributed by atoms with E-state index in [4.69, 9.17) is 20.9 Å². The molecule has 0 amide bonds. The monoisotopic (exact) mass is 292 g/mol. The van der Waals surface area contributed by atoms with E-state index in [9.17, 15) is 5.11 Å². The van der Waals surface area contributed by atoms with Crippen molar-refractivity contribution in [2.75, 3.05) is 32.2 Å². The molecule has 0 spiro atoms. The Hall–Kier alpha value is -1.66. The minimum Gasteiger partial charge on any atom is -0.389 e. The van der Waals surface area contributed by atoms with Gasteiger partial charge in [0.15, 0.2) is 0 Å². The van der Waals surface area contributed by atoms with Crippen molar-refractivity contribution in [2.45, 2.75) is 31.8 Å². The van der Waals surface area contributed by atoms with Gasteiger partial charge in [-0.2, -0.15) is 0 Å². The minimum atomic E-state index is -0.599. The van der Waals surface area contributed by atoms with Gasteiger partial charge in [-0.1, -0.05) is 0 Å². The molecule has 0 saturated carbocycles. The summed E-state index contributed by atoms with van der Waals surface area (Å²) in [5.41, 5.74) is 8.63. The molecule has 1 heterocycles. The van der Waals surface area contributed by atoms with Crippen molar-refractivity contribution in [1.29, 1.82) is 5.41 Å². The Morgan fingerprint density at radius 3 is 2.90 bits per heavy atom. The number of ether oxygens (including phenoxy) is 1. The van der Waals surface area contributed by atoms with E-state index in [2.05, 4.69) is 0 Å². The number of nitrogens with zero attached hydrogens (tertiary/aromatic N) is 2. The van der Waals surface area contributed by atoms with Gasteiger partial charge < -0.3 is 20.5 Å². The first-order valence-corrected chi connectivity index (χ1v) is 7.28. The van der Waals surface area contributed by atoms with E-state index < -0.39 is 6.10 Å². The van der Waals surface area contributed by atoms with Gasteiger partial charge >= 0.3 is 0 Å². The lowest BCUT2D eigenvalue weighted by atomic mass is 9.94. The Morgan fingerprint density at radius 2 is 2.24 bits per heavy atom. The Balaban J connectivity index is 2.29. The number of hydrogen-bond acceptors (Lipinski definition) is 5. The molecule has 0 aliphatic heterocycles. The fourth-order valence-corrected chi connectivity index (χ4v) is 2.76. The summed E-state index contributed by atoms with van der Waals surface area (Å²) in [5, 5.41) is 17.6. The van der Waals surface area contributed by atoms with E-state index in [1.54, 1.807) is 7.11 Å². The van der Waals surface area contributed by atoms with Crippen LogP contribution in [0.1, 0.15) is 29.7 Å². The topological polar surface area (TPSA) is 95.5 Å². The van der Waals surface area contributed by atoms with Crippen molar-refractivity contribution in [3.63, 3.8) is 0 Å². The third kappa shape index (κ3) is 3.71. The van der Waals surface area contributed by atoms with E-state index in [0.717, 1.165) is 31.4 Å². The molecule has 1 aromatic heterocycles. The molecule has 116 valence electrons. The zero-order chi connectivity index (χ0) is 15.4. The number of nitrogens with one attached hydrogen (secondary N) is 1. The van der Waals surface area contributed by atoms with E-state index in [-0.39, 0.29) is 12.4 Å². The van der Waals surface area contributed by atoms with E-state index in [1.165, 1.54) is 5.56 Å². The van der Waals surface area contributed by atoms with Gasteiger partial charge in [0.2, 0.25) is 0 Å². The molecule has 1 aliphatic carbocycles. The van der Waals surface area contributed by atoms with Crippen molar-refractivity contribution < 1.29 is 9.84 Å². The number of pyridine rings is 1. The van der Waals surface area contributed by atoms with Crippen LogP contribution >= 0.6 is 0 Å². The Morgan fingerprint density at radius 1 is 1.52 bits per heavy atom. The lowest BCUT2D eigenvalue weighted by Crippen LogP contribution is -2.34. The highest BCUT2D eigenvalue weighted by atomic mass is 16.5. The molecule has 1 aliphatic rings. The number of methoxy groups -OCH3 is 1. The second-order valence-electron chi connectivity index (χ2n) is 5.58. The van der Waals surface area contributed by atoms with Crippen LogP contribution in [0.4, 0.5) is 5.82 Å². The standard InChI is InChI=1S/C15H24N4O2/c1-19(8-11(20)9-21-2)15-12(14(16)17)7-10-5-3-4-6-13(10)18-15/h7,11,20H,3-6,8-9H2,1-2H3,(H3,16,17). The molecule has 6 nitrogen and oxygen atoms in total. The predicted octanol–water partition coefficient (Wildman–Crippen LogP) is 0.688. The molecule has 2 rings (SSSR count). The molecule has 1 aromatic rings. The van der Waals surface area contributed by atoms with Gasteiger partial charge in [-0.25, -0.2) is 4.98 Å². The Kier molecular flexibility index (Phi) is 5.14. The summed E-state index contributed by atoms with van der Waals surface area (Å²) in [5.74, 6) is 0.678. The van der Waals surface area contributed by atoms with Gasteiger partial charge in [-0.15, -0.1) is 0 Å². The quantitative estimate of drug-likeness (QED) is 0.529. The SMILES string of the molecule is COCC(O)CN(C)c1nc2c(cc1C(=N)N)CCCC2. The van der Waals surface area contributed by atoms with Crippen LogP contribution in [0.2, 0.25) is 0 Å². The van der Waals surface area contributed by atoms with E-state index in [0.29, 0.717) is 17.9 Å². The molecular weight excluding hydrogens is 268 g/mol. The average molecular weight is 292 g/mol. The van der Waals surface area contributed by atoms with Gasteiger partial charge in [0.25, 0.3) is 0 Å². The highest BCUT2D eigenvalue weighted by Crippen LogP contribution is 2.26. The van der Waals surface area contributed by atoms with Crippen LogP contribution < -0.4 is 10.6 Å². The van der Waals surface area contributed by atoms with E-state index >= 15 is 0 Å². The average Bonchev–Trinajstić information content (AvgIpc) is 2.45. The number of aliphatic hydroxyl groups excluding tert-OH is 1. The van der Waals surface area contributed by atoms with Crippen LogP contribution in [-0.2, 0) is 17.6 Å². The second kappa shape index (κ2) is 6.87. The number of amidine groups is 1. The zero-order valence-corrected chi connectivity index (χ0v) is 12.7. The number of anilines is 1. The highest BCUT2D eigenvalue weighted by Gasteiger charge is 2.20. The van der Waals surface area contributed by atoms with Crippen LogP contribution in [0, 0.1) is 5.41 Å². The van der Waals surface area contributed by atoms with Crippen molar-refractivity contribution in [3.8, 4) is 0 Å². The van der Waals surface area contributed by atoms with E-state index in [1.807, 2.05) is 18.0 Å². The number of aromatic nitrogens is 1. The number of rotatable bonds is 6. The second-order valence-corrected chi connectivity index (χ2v) is 5.58. The summed E-state index contributed by atoms with van der Waals surface area (Å²) in [6, 6.07) is 1.98.